The molecular formula is C16H17FO2. The van der Waals surface area contributed by atoms with Crippen LogP contribution >= 0.6 is 0 Å². The third kappa shape index (κ3) is 3.12. The van der Waals surface area contributed by atoms with Crippen LogP contribution in [0.25, 0.3) is 0 Å². The van der Waals surface area contributed by atoms with Gasteiger partial charge in [0.15, 0.2) is 0 Å². The maximum absolute atomic E-state index is 13.3. The third-order valence-electron chi connectivity index (χ3n) is 3.23. The SMILES string of the molecule is COc1ccc(F)cc1C(O)Cc1ccccc1C. The lowest BCUT2D eigenvalue weighted by atomic mass is 9.97. The average Bonchev–Trinajstić information content (AvgIpc) is 2.41. The van der Waals surface area contributed by atoms with Crippen LogP contribution in [0.2, 0.25) is 0 Å². The van der Waals surface area contributed by atoms with E-state index in [0.29, 0.717) is 17.7 Å². The second-order valence-electron chi connectivity index (χ2n) is 4.53. The molecule has 0 radical (unpaired) electrons. The molecule has 0 saturated heterocycles. The molecule has 0 aliphatic rings. The van der Waals surface area contributed by atoms with Crippen LogP contribution in [0.3, 0.4) is 0 Å². The topological polar surface area (TPSA) is 29.5 Å². The molecule has 0 aromatic heterocycles. The van der Waals surface area contributed by atoms with Crippen molar-refractivity contribution in [1.82, 2.24) is 0 Å². The normalized spacial score (nSPS) is 12.2. The molecule has 0 fully saturated rings. The van der Waals surface area contributed by atoms with Gasteiger partial charge in [-0.2, -0.15) is 0 Å². The van der Waals surface area contributed by atoms with Crippen molar-refractivity contribution in [3.05, 3.63) is 65.0 Å². The molecule has 1 atom stereocenters. The molecule has 2 nitrogen and oxygen atoms in total. The van der Waals surface area contributed by atoms with Gasteiger partial charge >= 0.3 is 0 Å². The Morgan fingerprint density at radius 3 is 2.63 bits per heavy atom. The van der Waals surface area contributed by atoms with Gasteiger partial charge in [-0.3, -0.25) is 0 Å². The second-order valence-corrected chi connectivity index (χ2v) is 4.53. The Bertz CT molecular complexity index is 566. The van der Waals surface area contributed by atoms with Crippen LogP contribution in [-0.2, 0) is 6.42 Å². The minimum Gasteiger partial charge on any atom is -0.496 e. The van der Waals surface area contributed by atoms with Gasteiger partial charge in [0.1, 0.15) is 11.6 Å². The highest BCUT2D eigenvalue weighted by Gasteiger charge is 2.15. The average molecular weight is 260 g/mol. The Balaban J connectivity index is 2.27. The van der Waals surface area contributed by atoms with Crippen molar-refractivity contribution in [3.63, 3.8) is 0 Å². The number of aliphatic hydroxyl groups is 1. The van der Waals surface area contributed by atoms with Crippen LogP contribution in [0.5, 0.6) is 5.75 Å². The Labute approximate surface area is 112 Å². The molecule has 3 heteroatoms. The van der Waals surface area contributed by atoms with Crippen molar-refractivity contribution in [3.8, 4) is 5.75 Å². The third-order valence-corrected chi connectivity index (χ3v) is 3.23. The van der Waals surface area contributed by atoms with E-state index in [-0.39, 0.29) is 5.82 Å². The van der Waals surface area contributed by atoms with E-state index >= 15 is 0 Å². The van der Waals surface area contributed by atoms with Gasteiger partial charge in [-0.05, 0) is 36.2 Å². The summed E-state index contributed by atoms with van der Waals surface area (Å²) in [5.74, 6) is 0.127. The lowest BCUT2D eigenvalue weighted by Gasteiger charge is -2.16. The van der Waals surface area contributed by atoms with Crippen molar-refractivity contribution in [1.29, 1.82) is 0 Å². The minimum atomic E-state index is -0.785. The van der Waals surface area contributed by atoms with Crippen LogP contribution in [-0.4, -0.2) is 12.2 Å². The van der Waals surface area contributed by atoms with Gasteiger partial charge in [0.05, 0.1) is 13.2 Å². The Morgan fingerprint density at radius 1 is 1.21 bits per heavy atom. The number of aliphatic hydroxyl groups excluding tert-OH is 1. The molecule has 19 heavy (non-hydrogen) atoms. The van der Waals surface area contributed by atoms with E-state index in [1.54, 1.807) is 0 Å². The Kier molecular flexibility index (Phi) is 4.17. The summed E-state index contributed by atoms with van der Waals surface area (Å²) in [5, 5.41) is 10.3. The molecule has 0 spiro atoms. The highest BCUT2D eigenvalue weighted by atomic mass is 19.1. The lowest BCUT2D eigenvalue weighted by molar-refractivity contribution is 0.173. The largest absolute Gasteiger partial charge is 0.496 e. The van der Waals surface area contributed by atoms with E-state index in [4.69, 9.17) is 4.74 Å². The Hall–Kier alpha value is -1.87. The minimum absolute atomic E-state index is 0.375. The number of benzene rings is 2. The highest BCUT2D eigenvalue weighted by molar-refractivity contribution is 5.37. The highest BCUT2D eigenvalue weighted by Crippen LogP contribution is 2.29. The molecule has 1 unspecified atom stereocenters. The maximum atomic E-state index is 13.3. The van der Waals surface area contributed by atoms with E-state index in [1.807, 2.05) is 31.2 Å². The molecule has 0 saturated carbocycles. The fraction of sp³-hybridized carbons (Fsp3) is 0.250. The number of aryl methyl sites for hydroxylation is 1. The Morgan fingerprint density at radius 2 is 1.95 bits per heavy atom. The molecule has 0 aliphatic heterocycles. The molecule has 2 rings (SSSR count). The first-order chi connectivity index (χ1) is 9.11. The number of hydrogen-bond acceptors (Lipinski definition) is 2. The standard InChI is InChI=1S/C16H17FO2/c1-11-5-3-4-6-12(11)9-15(18)14-10-13(17)7-8-16(14)19-2/h3-8,10,15,18H,9H2,1-2H3. The van der Waals surface area contributed by atoms with Gasteiger partial charge < -0.3 is 9.84 Å². The van der Waals surface area contributed by atoms with E-state index in [2.05, 4.69) is 0 Å². The molecule has 0 aliphatic carbocycles. The van der Waals surface area contributed by atoms with E-state index < -0.39 is 6.10 Å². The summed E-state index contributed by atoms with van der Waals surface area (Å²) in [6.45, 7) is 1.99. The summed E-state index contributed by atoms with van der Waals surface area (Å²) in [6, 6.07) is 12.0. The molecule has 2 aromatic carbocycles. The molecule has 0 amide bonds. The van der Waals surface area contributed by atoms with Crippen LogP contribution in [0, 0.1) is 12.7 Å². The van der Waals surface area contributed by atoms with E-state index in [1.165, 1.54) is 25.3 Å². The number of hydrogen-bond donors (Lipinski definition) is 1. The predicted octanol–water partition coefficient (Wildman–Crippen LogP) is 3.42. The quantitative estimate of drug-likeness (QED) is 0.912. The number of halogens is 1. The van der Waals surface area contributed by atoms with Gasteiger partial charge in [-0.25, -0.2) is 4.39 Å². The fourth-order valence-corrected chi connectivity index (χ4v) is 2.12. The second kappa shape index (κ2) is 5.85. The summed E-state index contributed by atoms with van der Waals surface area (Å²) in [7, 11) is 1.51. The monoisotopic (exact) mass is 260 g/mol. The first-order valence-electron chi connectivity index (χ1n) is 6.18. The van der Waals surface area contributed by atoms with Gasteiger partial charge in [0.2, 0.25) is 0 Å². The van der Waals surface area contributed by atoms with E-state index in [9.17, 15) is 9.50 Å². The number of rotatable bonds is 4. The van der Waals surface area contributed by atoms with Crippen molar-refractivity contribution < 1.29 is 14.2 Å². The predicted molar refractivity (Wildman–Crippen MR) is 72.8 cm³/mol. The van der Waals surface area contributed by atoms with Gasteiger partial charge in [0.25, 0.3) is 0 Å². The van der Waals surface area contributed by atoms with Crippen LogP contribution in [0.4, 0.5) is 4.39 Å². The zero-order valence-electron chi connectivity index (χ0n) is 11.1. The van der Waals surface area contributed by atoms with Crippen molar-refractivity contribution in [2.75, 3.05) is 7.11 Å². The van der Waals surface area contributed by atoms with Crippen LogP contribution in [0.15, 0.2) is 42.5 Å². The first-order valence-corrected chi connectivity index (χ1v) is 6.18. The zero-order valence-corrected chi connectivity index (χ0v) is 11.1. The van der Waals surface area contributed by atoms with Gasteiger partial charge in [0, 0.05) is 12.0 Å². The van der Waals surface area contributed by atoms with Crippen molar-refractivity contribution in [2.24, 2.45) is 0 Å². The molecular weight excluding hydrogens is 243 g/mol. The summed E-state index contributed by atoms with van der Waals surface area (Å²) in [5.41, 5.74) is 2.63. The zero-order chi connectivity index (χ0) is 13.8. The molecule has 1 N–H and O–H groups in total. The van der Waals surface area contributed by atoms with E-state index in [0.717, 1.165) is 11.1 Å². The summed E-state index contributed by atoms with van der Waals surface area (Å²) < 4.78 is 18.5. The summed E-state index contributed by atoms with van der Waals surface area (Å²) in [6.07, 6.45) is -0.348. The number of methoxy groups -OCH3 is 1. The van der Waals surface area contributed by atoms with Crippen molar-refractivity contribution >= 4 is 0 Å². The summed E-state index contributed by atoms with van der Waals surface area (Å²) >= 11 is 0. The lowest BCUT2D eigenvalue weighted by Crippen LogP contribution is -2.05. The molecule has 2 aromatic rings. The molecule has 100 valence electrons. The first kappa shape index (κ1) is 13.6. The van der Waals surface area contributed by atoms with Crippen molar-refractivity contribution in [2.45, 2.75) is 19.4 Å². The summed E-state index contributed by atoms with van der Waals surface area (Å²) in [4.78, 5) is 0. The molecule has 0 bridgehead atoms. The number of ether oxygens (including phenoxy) is 1. The smallest absolute Gasteiger partial charge is 0.124 e. The van der Waals surface area contributed by atoms with Crippen LogP contribution < -0.4 is 4.74 Å². The van der Waals surface area contributed by atoms with Crippen LogP contribution in [0.1, 0.15) is 22.8 Å². The fourth-order valence-electron chi connectivity index (χ4n) is 2.12. The molecule has 0 heterocycles. The van der Waals surface area contributed by atoms with Gasteiger partial charge in [-0.15, -0.1) is 0 Å². The maximum Gasteiger partial charge on any atom is 0.124 e. The van der Waals surface area contributed by atoms with Gasteiger partial charge in [-0.1, -0.05) is 24.3 Å².